The summed E-state index contributed by atoms with van der Waals surface area (Å²) in [5.74, 6) is -0.180. The van der Waals surface area contributed by atoms with Gasteiger partial charge in [0.2, 0.25) is 5.91 Å². The van der Waals surface area contributed by atoms with E-state index < -0.39 is 0 Å². The van der Waals surface area contributed by atoms with Gasteiger partial charge in [-0.2, -0.15) is 0 Å². The number of hydrogen-bond acceptors (Lipinski definition) is 2. The van der Waals surface area contributed by atoms with Gasteiger partial charge in [0.05, 0.1) is 12.1 Å². The van der Waals surface area contributed by atoms with Crippen LogP contribution in [0.15, 0.2) is 45.3 Å². The molecule has 3 rings (SSSR count). The predicted octanol–water partition coefficient (Wildman–Crippen LogP) is 3.94. The van der Waals surface area contributed by atoms with Gasteiger partial charge >= 0.3 is 0 Å². The van der Waals surface area contributed by atoms with E-state index in [0.29, 0.717) is 23.2 Å². The van der Waals surface area contributed by atoms with E-state index in [9.17, 15) is 9.59 Å². The van der Waals surface area contributed by atoms with E-state index in [4.69, 9.17) is 0 Å². The van der Waals surface area contributed by atoms with Crippen molar-refractivity contribution in [1.29, 1.82) is 0 Å². The van der Waals surface area contributed by atoms with Crippen LogP contribution in [-0.2, 0) is 11.2 Å². The molecule has 0 fully saturated rings. The minimum atomic E-state index is -0.0998. The maximum atomic E-state index is 12.6. The highest BCUT2D eigenvalue weighted by atomic mass is 79.9. The fourth-order valence-electron chi connectivity index (χ4n) is 2.24. The number of rotatable bonds is 2. The average Bonchev–Trinajstić information content (AvgIpc) is 2.78. The first-order valence-electron chi connectivity index (χ1n) is 5.97. The fraction of sp³-hybridized carbons (Fsp3) is 0.0667. The molecule has 1 amide bonds. The maximum absolute atomic E-state index is 12.6. The van der Waals surface area contributed by atoms with E-state index in [1.165, 1.54) is 0 Å². The molecule has 0 bridgehead atoms. The lowest BCUT2D eigenvalue weighted by atomic mass is 9.99. The van der Waals surface area contributed by atoms with Crippen molar-refractivity contribution in [3.8, 4) is 0 Å². The largest absolute Gasteiger partial charge is 0.325 e. The van der Waals surface area contributed by atoms with E-state index in [-0.39, 0.29) is 11.7 Å². The van der Waals surface area contributed by atoms with Crippen molar-refractivity contribution in [3.05, 3.63) is 62.0 Å². The molecule has 0 atom stereocenters. The van der Waals surface area contributed by atoms with Gasteiger partial charge in [0.25, 0.3) is 0 Å². The lowest BCUT2D eigenvalue weighted by molar-refractivity contribution is -0.115. The van der Waals surface area contributed by atoms with Gasteiger partial charge in [0.15, 0.2) is 5.78 Å². The molecule has 2 aromatic carbocycles. The van der Waals surface area contributed by atoms with Gasteiger partial charge in [-0.25, -0.2) is 0 Å². The fourth-order valence-corrected chi connectivity index (χ4v) is 3.01. The van der Waals surface area contributed by atoms with Crippen molar-refractivity contribution < 1.29 is 9.59 Å². The summed E-state index contributed by atoms with van der Waals surface area (Å²) in [4.78, 5) is 24.1. The molecule has 0 radical (unpaired) electrons. The lowest BCUT2D eigenvalue weighted by Gasteiger charge is -2.08. The van der Waals surface area contributed by atoms with Crippen LogP contribution < -0.4 is 5.32 Å². The zero-order chi connectivity index (χ0) is 14.3. The Morgan fingerprint density at radius 3 is 2.45 bits per heavy atom. The molecular formula is C15H9Br2NO2. The van der Waals surface area contributed by atoms with Crippen LogP contribution in [-0.4, -0.2) is 11.7 Å². The zero-order valence-electron chi connectivity index (χ0n) is 10.2. The molecule has 1 aliphatic rings. The molecule has 0 aromatic heterocycles. The van der Waals surface area contributed by atoms with Crippen molar-refractivity contribution >= 4 is 49.2 Å². The molecule has 2 aromatic rings. The third kappa shape index (κ3) is 2.43. The van der Waals surface area contributed by atoms with Crippen LogP contribution in [0.25, 0.3) is 0 Å². The molecule has 0 spiro atoms. The molecule has 0 saturated carbocycles. The van der Waals surface area contributed by atoms with Crippen molar-refractivity contribution in [3.63, 3.8) is 0 Å². The Bertz CT molecular complexity index is 723. The van der Waals surface area contributed by atoms with Crippen LogP contribution in [0.1, 0.15) is 21.5 Å². The normalized spacial score (nSPS) is 13.0. The second-order valence-electron chi connectivity index (χ2n) is 4.55. The van der Waals surface area contributed by atoms with E-state index in [1.54, 1.807) is 18.2 Å². The number of fused-ring (bicyclic) bond motifs is 1. The molecular weight excluding hydrogens is 386 g/mol. The van der Waals surface area contributed by atoms with Crippen molar-refractivity contribution in [2.24, 2.45) is 0 Å². The van der Waals surface area contributed by atoms with E-state index >= 15 is 0 Å². The van der Waals surface area contributed by atoms with Gasteiger partial charge in [-0.1, -0.05) is 31.9 Å². The number of nitrogens with one attached hydrogen (secondary N) is 1. The van der Waals surface area contributed by atoms with Gasteiger partial charge in [-0.15, -0.1) is 0 Å². The molecule has 1 N–H and O–H groups in total. The lowest BCUT2D eigenvalue weighted by Crippen LogP contribution is -2.08. The van der Waals surface area contributed by atoms with Crippen LogP contribution >= 0.6 is 31.9 Å². The third-order valence-electron chi connectivity index (χ3n) is 3.15. The summed E-state index contributed by atoms with van der Waals surface area (Å²) in [6, 6.07) is 10.8. The Morgan fingerprint density at radius 1 is 1.05 bits per heavy atom. The Hall–Kier alpha value is -1.46. The van der Waals surface area contributed by atoms with Gasteiger partial charge in [0.1, 0.15) is 0 Å². The smallest absolute Gasteiger partial charge is 0.228 e. The highest BCUT2D eigenvalue weighted by Gasteiger charge is 2.25. The highest BCUT2D eigenvalue weighted by Crippen LogP contribution is 2.32. The number of amides is 1. The summed E-state index contributed by atoms with van der Waals surface area (Å²) in [5.41, 5.74) is 2.59. The summed E-state index contributed by atoms with van der Waals surface area (Å²) in [6.45, 7) is 0. The maximum Gasteiger partial charge on any atom is 0.228 e. The van der Waals surface area contributed by atoms with Crippen molar-refractivity contribution in [2.75, 3.05) is 5.32 Å². The van der Waals surface area contributed by atoms with E-state index in [1.807, 2.05) is 18.2 Å². The number of carbonyl (C=O) groups is 2. The van der Waals surface area contributed by atoms with E-state index in [2.05, 4.69) is 37.2 Å². The van der Waals surface area contributed by atoms with Gasteiger partial charge < -0.3 is 5.32 Å². The van der Waals surface area contributed by atoms with Crippen LogP contribution in [0, 0.1) is 0 Å². The summed E-state index contributed by atoms with van der Waals surface area (Å²) in [7, 11) is 0. The van der Waals surface area contributed by atoms with Gasteiger partial charge in [-0.3, -0.25) is 9.59 Å². The number of hydrogen-bond donors (Lipinski definition) is 1. The molecule has 100 valence electrons. The topological polar surface area (TPSA) is 46.2 Å². The SMILES string of the molecule is O=C1Cc2cc(Br)cc(C(=O)c3ccc(Br)cc3)c2N1. The van der Waals surface area contributed by atoms with Gasteiger partial charge in [0, 0.05) is 20.1 Å². The summed E-state index contributed by atoms with van der Waals surface area (Å²) in [5, 5.41) is 2.77. The standard InChI is InChI=1S/C15H9Br2NO2/c16-10-3-1-8(2-4-10)15(20)12-7-11(17)5-9-6-13(19)18-14(9)12/h1-5,7H,6H2,(H,18,19). The first-order chi connectivity index (χ1) is 9.54. The molecule has 0 saturated heterocycles. The average molecular weight is 395 g/mol. The molecule has 1 heterocycles. The second-order valence-corrected chi connectivity index (χ2v) is 6.38. The Labute approximate surface area is 132 Å². The molecule has 5 heteroatoms. The molecule has 20 heavy (non-hydrogen) atoms. The predicted molar refractivity (Wildman–Crippen MR) is 84.1 cm³/mol. The van der Waals surface area contributed by atoms with Crippen molar-refractivity contribution in [2.45, 2.75) is 6.42 Å². The summed E-state index contributed by atoms with van der Waals surface area (Å²) >= 11 is 6.73. The second kappa shape index (κ2) is 5.14. The number of anilines is 1. The summed E-state index contributed by atoms with van der Waals surface area (Å²) in [6.07, 6.45) is 0.315. The molecule has 1 aliphatic heterocycles. The number of ketones is 1. The monoisotopic (exact) mass is 393 g/mol. The minimum Gasteiger partial charge on any atom is -0.325 e. The zero-order valence-corrected chi connectivity index (χ0v) is 13.4. The molecule has 0 unspecified atom stereocenters. The number of benzene rings is 2. The Balaban J connectivity index is 2.09. The first kappa shape index (κ1) is 13.5. The molecule has 3 nitrogen and oxygen atoms in total. The van der Waals surface area contributed by atoms with E-state index in [0.717, 1.165) is 14.5 Å². The Kier molecular flexibility index (Phi) is 3.48. The quantitative estimate of drug-likeness (QED) is 0.784. The minimum absolute atomic E-state index is 0.0806. The van der Waals surface area contributed by atoms with Crippen LogP contribution in [0.5, 0.6) is 0 Å². The van der Waals surface area contributed by atoms with Crippen LogP contribution in [0.2, 0.25) is 0 Å². The number of carbonyl (C=O) groups excluding carboxylic acids is 2. The van der Waals surface area contributed by atoms with Crippen LogP contribution in [0.4, 0.5) is 5.69 Å². The molecule has 0 aliphatic carbocycles. The van der Waals surface area contributed by atoms with Gasteiger partial charge in [-0.05, 0) is 42.0 Å². The number of halogens is 2. The Morgan fingerprint density at radius 2 is 1.75 bits per heavy atom. The first-order valence-corrected chi connectivity index (χ1v) is 7.56. The summed E-state index contributed by atoms with van der Waals surface area (Å²) < 4.78 is 1.72. The van der Waals surface area contributed by atoms with Crippen molar-refractivity contribution in [1.82, 2.24) is 0 Å². The highest BCUT2D eigenvalue weighted by molar-refractivity contribution is 9.10. The third-order valence-corrected chi connectivity index (χ3v) is 4.14. The van der Waals surface area contributed by atoms with Crippen LogP contribution in [0.3, 0.4) is 0 Å².